The normalized spacial score (nSPS) is 22.9. The van der Waals surface area contributed by atoms with Crippen LogP contribution in [0.4, 0.5) is 0 Å². The second-order valence-electron chi connectivity index (χ2n) is 5.68. The average Bonchev–Trinajstić information content (AvgIpc) is 2.30. The Kier molecular flexibility index (Phi) is 7.82. The van der Waals surface area contributed by atoms with Crippen LogP contribution >= 0.6 is 0 Å². The predicted octanol–water partition coefficient (Wildman–Crippen LogP) is 2.45. The lowest BCUT2D eigenvalue weighted by Gasteiger charge is -2.23. The number of hydrogen-bond donors (Lipinski definition) is 1. The van der Waals surface area contributed by atoms with Crippen molar-refractivity contribution >= 4 is 0 Å². The second kappa shape index (κ2) is 8.90. The molecule has 0 amide bonds. The molecule has 0 saturated carbocycles. The fraction of sp³-hybridized carbons (Fsp3) is 1.00. The first-order valence-electron chi connectivity index (χ1n) is 7.08. The Bertz CT molecular complexity index is 179. The third-order valence-electron chi connectivity index (χ3n) is 3.03. The molecule has 2 unspecified atom stereocenters. The van der Waals surface area contributed by atoms with Gasteiger partial charge in [0.1, 0.15) is 0 Å². The van der Waals surface area contributed by atoms with Crippen molar-refractivity contribution in [3.05, 3.63) is 0 Å². The van der Waals surface area contributed by atoms with Crippen LogP contribution in [-0.4, -0.2) is 39.0 Å². The van der Waals surface area contributed by atoms with E-state index in [-0.39, 0.29) is 0 Å². The summed E-state index contributed by atoms with van der Waals surface area (Å²) >= 11 is 0. The molecule has 0 aromatic carbocycles. The molecule has 0 radical (unpaired) electrons. The Balaban J connectivity index is 1.93. The molecule has 1 fully saturated rings. The second-order valence-corrected chi connectivity index (χ2v) is 5.68. The third kappa shape index (κ3) is 7.74. The molecule has 1 rings (SSSR count). The zero-order valence-corrected chi connectivity index (χ0v) is 11.7. The highest BCUT2D eigenvalue weighted by atomic mass is 16.5. The minimum Gasteiger partial charge on any atom is -0.378 e. The monoisotopic (exact) mass is 243 g/mol. The Morgan fingerprint density at radius 3 is 2.71 bits per heavy atom. The molecule has 0 spiro atoms. The van der Waals surface area contributed by atoms with Gasteiger partial charge < -0.3 is 14.8 Å². The largest absolute Gasteiger partial charge is 0.378 e. The van der Waals surface area contributed by atoms with Crippen molar-refractivity contribution in [3.63, 3.8) is 0 Å². The zero-order valence-electron chi connectivity index (χ0n) is 11.7. The zero-order chi connectivity index (χ0) is 12.5. The smallest absolute Gasteiger partial charge is 0.0808 e. The fourth-order valence-electron chi connectivity index (χ4n) is 2.02. The van der Waals surface area contributed by atoms with E-state index in [0.29, 0.717) is 12.0 Å². The molecular weight excluding hydrogens is 214 g/mol. The molecule has 1 N–H and O–H groups in total. The molecule has 0 aromatic heterocycles. The van der Waals surface area contributed by atoms with Crippen molar-refractivity contribution in [1.29, 1.82) is 0 Å². The third-order valence-corrected chi connectivity index (χ3v) is 3.03. The minimum absolute atomic E-state index is 0.347. The lowest BCUT2D eigenvalue weighted by atomic mass is 10.1. The van der Waals surface area contributed by atoms with Crippen LogP contribution in [0.15, 0.2) is 0 Å². The Morgan fingerprint density at radius 1 is 1.24 bits per heavy atom. The first-order chi connectivity index (χ1) is 8.18. The highest BCUT2D eigenvalue weighted by Crippen LogP contribution is 2.13. The lowest BCUT2D eigenvalue weighted by Crippen LogP contribution is -2.29. The van der Waals surface area contributed by atoms with E-state index >= 15 is 0 Å². The van der Waals surface area contributed by atoms with Crippen molar-refractivity contribution in [2.24, 2.45) is 11.8 Å². The topological polar surface area (TPSA) is 30.5 Å². The van der Waals surface area contributed by atoms with Gasteiger partial charge in [0.25, 0.3) is 0 Å². The van der Waals surface area contributed by atoms with Gasteiger partial charge in [0.15, 0.2) is 0 Å². The molecule has 0 aliphatic carbocycles. The summed E-state index contributed by atoms with van der Waals surface area (Å²) < 4.78 is 11.4. The van der Waals surface area contributed by atoms with Crippen LogP contribution in [0, 0.1) is 11.8 Å². The molecule has 0 bridgehead atoms. The standard InChI is InChI=1S/C14H29NO2/c1-12(2)8-15-9-13(3)10-16-11-14-6-4-5-7-17-14/h12-15H,4-11H2,1-3H3. The molecule has 102 valence electrons. The summed E-state index contributed by atoms with van der Waals surface area (Å²) in [6.45, 7) is 11.4. The van der Waals surface area contributed by atoms with Crippen LogP contribution in [0.1, 0.15) is 40.0 Å². The summed E-state index contributed by atoms with van der Waals surface area (Å²) in [6.07, 6.45) is 4.02. The minimum atomic E-state index is 0.347. The predicted molar refractivity (Wildman–Crippen MR) is 71.3 cm³/mol. The van der Waals surface area contributed by atoms with Gasteiger partial charge in [-0.2, -0.15) is 0 Å². The van der Waals surface area contributed by atoms with Gasteiger partial charge in [0.05, 0.1) is 19.3 Å². The summed E-state index contributed by atoms with van der Waals surface area (Å²) in [7, 11) is 0. The number of hydrogen-bond acceptors (Lipinski definition) is 3. The summed E-state index contributed by atoms with van der Waals surface area (Å²) in [5, 5.41) is 3.46. The molecule has 17 heavy (non-hydrogen) atoms. The molecule has 1 aliphatic rings. The average molecular weight is 243 g/mol. The summed E-state index contributed by atoms with van der Waals surface area (Å²) in [5.41, 5.74) is 0. The van der Waals surface area contributed by atoms with Crippen molar-refractivity contribution in [2.45, 2.75) is 46.1 Å². The quantitative estimate of drug-likeness (QED) is 0.710. The van der Waals surface area contributed by atoms with E-state index in [9.17, 15) is 0 Å². The molecule has 1 aliphatic heterocycles. The SMILES string of the molecule is CC(C)CNCC(C)COCC1CCCCO1. The molecule has 3 heteroatoms. The van der Waals surface area contributed by atoms with E-state index < -0.39 is 0 Å². The van der Waals surface area contributed by atoms with E-state index in [1.54, 1.807) is 0 Å². The van der Waals surface area contributed by atoms with Crippen LogP contribution < -0.4 is 5.32 Å². The molecule has 2 atom stereocenters. The highest BCUT2D eigenvalue weighted by Gasteiger charge is 2.14. The molecule has 3 nitrogen and oxygen atoms in total. The maximum absolute atomic E-state index is 5.73. The van der Waals surface area contributed by atoms with Crippen LogP contribution in [0.25, 0.3) is 0 Å². The van der Waals surface area contributed by atoms with Gasteiger partial charge in [-0.15, -0.1) is 0 Å². The van der Waals surface area contributed by atoms with E-state index in [2.05, 4.69) is 26.1 Å². The number of rotatable bonds is 8. The Morgan fingerprint density at radius 2 is 2.06 bits per heavy atom. The van der Waals surface area contributed by atoms with Gasteiger partial charge in [-0.1, -0.05) is 20.8 Å². The van der Waals surface area contributed by atoms with Crippen molar-refractivity contribution in [1.82, 2.24) is 5.32 Å². The van der Waals surface area contributed by atoms with Crippen molar-refractivity contribution < 1.29 is 9.47 Å². The Labute approximate surface area is 106 Å². The summed E-state index contributed by atoms with van der Waals surface area (Å²) in [6, 6.07) is 0. The van der Waals surface area contributed by atoms with E-state index in [1.165, 1.54) is 19.3 Å². The highest BCUT2D eigenvalue weighted by molar-refractivity contribution is 4.63. The maximum atomic E-state index is 5.73. The van der Waals surface area contributed by atoms with Gasteiger partial charge in [0.2, 0.25) is 0 Å². The summed E-state index contributed by atoms with van der Waals surface area (Å²) in [4.78, 5) is 0. The van der Waals surface area contributed by atoms with Crippen molar-refractivity contribution in [2.75, 3.05) is 32.9 Å². The van der Waals surface area contributed by atoms with Gasteiger partial charge >= 0.3 is 0 Å². The van der Waals surface area contributed by atoms with E-state index in [0.717, 1.165) is 38.8 Å². The molecular formula is C14H29NO2. The van der Waals surface area contributed by atoms with Crippen molar-refractivity contribution in [3.8, 4) is 0 Å². The first kappa shape index (κ1) is 14.9. The van der Waals surface area contributed by atoms with Crippen LogP contribution in [0.3, 0.4) is 0 Å². The van der Waals surface area contributed by atoms with Gasteiger partial charge in [-0.05, 0) is 44.2 Å². The number of ether oxygens (including phenoxy) is 2. The van der Waals surface area contributed by atoms with Crippen LogP contribution in [0.2, 0.25) is 0 Å². The number of nitrogens with one attached hydrogen (secondary N) is 1. The Hall–Kier alpha value is -0.120. The molecule has 0 aromatic rings. The van der Waals surface area contributed by atoms with E-state index in [4.69, 9.17) is 9.47 Å². The summed E-state index contributed by atoms with van der Waals surface area (Å²) in [5.74, 6) is 1.30. The van der Waals surface area contributed by atoms with Crippen LogP contribution in [0.5, 0.6) is 0 Å². The van der Waals surface area contributed by atoms with Gasteiger partial charge in [-0.25, -0.2) is 0 Å². The van der Waals surface area contributed by atoms with Gasteiger partial charge in [0, 0.05) is 6.61 Å². The van der Waals surface area contributed by atoms with E-state index in [1.807, 2.05) is 0 Å². The lowest BCUT2D eigenvalue weighted by molar-refractivity contribution is -0.0457. The molecule has 1 saturated heterocycles. The molecule has 1 heterocycles. The maximum Gasteiger partial charge on any atom is 0.0808 e. The first-order valence-corrected chi connectivity index (χ1v) is 7.08. The van der Waals surface area contributed by atoms with Crippen LogP contribution in [-0.2, 0) is 9.47 Å². The van der Waals surface area contributed by atoms with Gasteiger partial charge in [-0.3, -0.25) is 0 Å². The fourth-order valence-corrected chi connectivity index (χ4v) is 2.02.